The summed E-state index contributed by atoms with van der Waals surface area (Å²) >= 11 is 0. The average molecular weight is 349 g/mol. The topological polar surface area (TPSA) is 59.5 Å². The van der Waals surface area contributed by atoms with Crippen LogP contribution in [0.2, 0.25) is 0 Å². The van der Waals surface area contributed by atoms with E-state index in [0.717, 1.165) is 48.8 Å². The van der Waals surface area contributed by atoms with E-state index in [4.69, 9.17) is 10.2 Å². The Kier molecular flexibility index (Phi) is 5.16. The lowest BCUT2D eigenvalue weighted by Crippen LogP contribution is -2.48. The second-order valence-electron chi connectivity index (χ2n) is 6.88. The Balaban J connectivity index is 0.00000169. The predicted octanol–water partition coefficient (Wildman–Crippen LogP) is 3.23. The minimum Gasteiger partial charge on any atom is -0.464 e. The number of furan rings is 1. The molecule has 2 aliphatic rings. The van der Waals surface area contributed by atoms with Gasteiger partial charge in [0.05, 0.1) is 12.7 Å². The number of benzene rings is 1. The summed E-state index contributed by atoms with van der Waals surface area (Å²) in [6.45, 7) is 1.40. The molecule has 1 amide bonds. The summed E-state index contributed by atoms with van der Waals surface area (Å²) in [6.07, 6.45) is 8.98. The summed E-state index contributed by atoms with van der Waals surface area (Å²) < 4.78 is 5.72. The van der Waals surface area contributed by atoms with Gasteiger partial charge in [-0.05, 0) is 61.8 Å². The van der Waals surface area contributed by atoms with Crippen LogP contribution in [0.15, 0.2) is 22.8 Å². The highest BCUT2D eigenvalue weighted by Gasteiger charge is 2.26. The van der Waals surface area contributed by atoms with E-state index in [9.17, 15) is 4.79 Å². The van der Waals surface area contributed by atoms with Crippen LogP contribution in [0, 0.1) is 0 Å². The number of rotatable bonds is 3. The van der Waals surface area contributed by atoms with Crippen molar-refractivity contribution in [3.8, 4) is 0 Å². The molecule has 0 bridgehead atoms. The minimum absolute atomic E-state index is 0. The molecule has 2 N–H and O–H groups in total. The van der Waals surface area contributed by atoms with Gasteiger partial charge < -0.3 is 15.1 Å². The Morgan fingerprint density at radius 2 is 2.00 bits per heavy atom. The number of fused-ring (bicyclic) bond motifs is 2. The van der Waals surface area contributed by atoms with Crippen LogP contribution in [0.4, 0.5) is 0 Å². The van der Waals surface area contributed by atoms with Gasteiger partial charge >= 0.3 is 0 Å². The summed E-state index contributed by atoms with van der Waals surface area (Å²) in [5, 5.41) is 1.11. The Bertz CT molecular complexity index is 740. The van der Waals surface area contributed by atoms with Gasteiger partial charge in [0.1, 0.15) is 5.58 Å². The van der Waals surface area contributed by atoms with Crippen molar-refractivity contribution in [3.63, 3.8) is 0 Å². The lowest BCUT2D eigenvalue weighted by atomic mass is 10.00. The quantitative estimate of drug-likeness (QED) is 0.926. The maximum absolute atomic E-state index is 12.7. The number of hydrogen-bond acceptors (Lipinski definition) is 3. The summed E-state index contributed by atoms with van der Waals surface area (Å²) in [7, 11) is 0. The first-order valence-electron chi connectivity index (χ1n) is 8.77. The van der Waals surface area contributed by atoms with E-state index in [-0.39, 0.29) is 24.4 Å². The van der Waals surface area contributed by atoms with E-state index < -0.39 is 0 Å². The van der Waals surface area contributed by atoms with E-state index >= 15 is 0 Å². The van der Waals surface area contributed by atoms with Gasteiger partial charge in [-0.2, -0.15) is 0 Å². The van der Waals surface area contributed by atoms with Crippen molar-refractivity contribution in [1.29, 1.82) is 0 Å². The van der Waals surface area contributed by atoms with Crippen molar-refractivity contribution < 1.29 is 9.21 Å². The van der Waals surface area contributed by atoms with Gasteiger partial charge in [0.25, 0.3) is 0 Å². The molecule has 1 unspecified atom stereocenters. The first-order valence-corrected chi connectivity index (χ1v) is 8.77. The molecule has 4 nitrogen and oxygen atoms in total. The Hall–Kier alpha value is -1.52. The van der Waals surface area contributed by atoms with Gasteiger partial charge in [-0.3, -0.25) is 4.79 Å². The third kappa shape index (κ3) is 3.05. The summed E-state index contributed by atoms with van der Waals surface area (Å²) in [4.78, 5) is 14.7. The van der Waals surface area contributed by atoms with Crippen molar-refractivity contribution in [2.24, 2.45) is 5.73 Å². The number of hydrogen-bond donors (Lipinski definition) is 1. The lowest BCUT2D eigenvalue weighted by Gasteiger charge is -2.35. The molecule has 0 radical (unpaired) electrons. The molecule has 1 fully saturated rings. The van der Waals surface area contributed by atoms with Crippen LogP contribution in [0.1, 0.15) is 42.4 Å². The summed E-state index contributed by atoms with van der Waals surface area (Å²) in [5.74, 6) is 0.184. The molecule has 24 heavy (non-hydrogen) atoms. The molecular weight excluding hydrogens is 324 g/mol. The molecule has 0 saturated carbocycles. The van der Waals surface area contributed by atoms with Crippen LogP contribution < -0.4 is 5.73 Å². The number of nitrogens with zero attached hydrogens (tertiary/aromatic N) is 1. The number of nitrogens with two attached hydrogens (primary N) is 1. The third-order valence-electron chi connectivity index (χ3n) is 5.43. The Labute approximate surface area is 148 Å². The van der Waals surface area contributed by atoms with Crippen LogP contribution >= 0.6 is 12.4 Å². The van der Waals surface area contributed by atoms with Gasteiger partial charge in [0.2, 0.25) is 5.91 Å². The number of halogens is 1. The first kappa shape index (κ1) is 17.3. The SMILES string of the molecule is Cl.NCC1CCCCN1C(=O)Cc1coc2cc3c(cc12)CCC3. The Morgan fingerprint density at radius 1 is 1.21 bits per heavy atom. The molecule has 1 aliphatic heterocycles. The average Bonchev–Trinajstić information content (AvgIpc) is 3.19. The van der Waals surface area contributed by atoms with Gasteiger partial charge in [-0.15, -0.1) is 12.4 Å². The van der Waals surface area contributed by atoms with Crippen LogP contribution in [-0.4, -0.2) is 29.9 Å². The van der Waals surface area contributed by atoms with E-state index in [2.05, 4.69) is 12.1 Å². The van der Waals surface area contributed by atoms with Gasteiger partial charge in [0.15, 0.2) is 0 Å². The summed E-state index contributed by atoms with van der Waals surface area (Å²) in [5.41, 5.74) is 10.6. The normalized spacial score (nSPS) is 20.0. The zero-order chi connectivity index (χ0) is 15.8. The van der Waals surface area contributed by atoms with Crippen molar-refractivity contribution in [3.05, 3.63) is 35.1 Å². The van der Waals surface area contributed by atoms with E-state index in [0.29, 0.717) is 13.0 Å². The van der Waals surface area contributed by atoms with Gasteiger partial charge in [-0.1, -0.05) is 0 Å². The highest BCUT2D eigenvalue weighted by Crippen LogP contribution is 2.31. The fraction of sp³-hybridized carbons (Fsp3) is 0.526. The second kappa shape index (κ2) is 7.16. The maximum Gasteiger partial charge on any atom is 0.227 e. The van der Waals surface area contributed by atoms with Gasteiger partial charge in [-0.25, -0.2) is 0 Å². The fourth-order valence-electron chi connectivity index (χ4n) is 4.12. The molecule has 1 aromatic carbocycles. The number of likely N-dealkylation sites (tertiary alicyclic amines) is 1. The van der Waals surface area contributed by atoms with Crippen LogP contribution in [0.5, 0.6) is 0 Å². The molecule has 1 atom stereocenters. The number of piperidine rings is 1. The van der Waals surface area contributed by atoms with Gasteiger partial charge in [0, 0.05) is 30.1 Å². The van der Waals surface area contributed by atoms with Crippen molar-refractivity contribution in [2.75, 3.05) is 13.1 Å². The van der Waals surface area contributed by atoms with E-state index in [1.807, 2.05) is 4.90 Å². The molecule has 1 saturated heterocycles. The molecule has 1 aromatic heterocycles. The number of carbonyl (C=O) groups excluding carboxylic acids is 1. The smallest absolute Gasteiger partial charge is 0.227 e. The molecule has 5 heteroatoms. The minimum atomic E-state index is 0. The summed E-state index contributed by atoms with van der Waals surface area (Å²) in [6, 6.07) is 4.61. The molecule has 2 heterocycles. The predicted molar refractivity (Wildman–Crippen MR) is 97.6 cm³/mol. The molecule has 1 aliphatic carbocycles. The van der Waals surface area contributed by atoms with Crippen molar-refractivity contribution in [1.82, 2.24) is 4.90 Å². The Morgan fingerprint density at radius 3 is 2.79 bits per heavy atom. The molecule has 4 rings (SSSR count). The highest BCUT2D eigenvalue weighted by molar-refractivity contribution is 5.89. The number of carbonyl (C=O) groups is 1. The molecular formula is C19H25ClN2O2. The molecule has 2 aromatic rings. The number of aryl methyl sites for hydroxylation is 2. The fourth-order valence-corrected chi connectivity index (χ4v) is 4.12. The maximum atomic E-state index is 12.7. The molecule has 0 spiro atoms. The zero-order valence-electron chi connectivity index (χ0n) is 13.9. The van der Waals surface area contributed by atoms with Crippen molar-refractivity contribution >= 4 is 29.3 Å². The lowest BCUT2D eigenvalue weighted by molar-refractivity contribution is -0.133. The third-order valence-corrected chi connectivity index (χ3v) is 5.43. The van der Waals surface area contributed by atoms with E-state index in [1.54, 1.807) is 6.26 Å². The zero-order valence-corrected chi connectivity index (χ0v) is 14.7. The standard InChI is InChI=1S/C19H24N2O2.ClH/c20-11-16-6-1-2-7-21(16)19(22)10-15-12-23-18-9-14-5-3-4-13(14)8-17(15)18;/h8-9,12,16H,1-7,10-11,20H2;1H. The number of amides is 1. The first-order chi connectivity index (χ1) is 11.3. The van der Waals surface area contributed by atoms with E-state index in [1.165, 1.54) is 24.0 Å². The van der Waals surface area contributed by atoms with Crippen LogP contribution in [0.25, 0.3) is 11.0 Å². The molecule has 130 valence electrons. The van der Waals surface area contributed by atoms with Crippen molar-refractivity contribution in [2.45, 2.75) is 51.0 Å². The highest BCUT2D eigenvalue weighted by atomic mass is 35.5. The van der Waals surface area contributed by atoms with Crippen LogP contribution in [0.3, 0.4) is 0 Å². The van der Waals surface area contributed by atoms with Crippen LogP contribution in [-0.2, 0) is 24.1 Å². The second-order valence-corrected chi connectivity index (χ2v) is 6.88. The monoisotopic (exact) mass is 348 g/mol. The largest absolute Gasteiger partial charge is 0.464 e.